The highest BCUT2D eigenvalue weighted by Gasteiger charge is 2.33. The number of methoxy groups -OCH3 is 1. The Bertz CT molecular complexity index is 818. The smallest absolute Gasteiger partial charge is 0.132 e. The fraction of sp³-hybridized carbons (Fsp3) is 0.409. The highest BCUT2D eigenvalue weighted by molar-refractivity contribution is 7.98. The summed E-state index contributed by atoms with van der Waals surface area (Å²) < 4.78 is 5.55. The minimum absolute atomic E-state index is 0.700. The van der Waals surface area contributed by atoms with E-state index in [1.54, 1.807) is 7.11 Å². The number of aliphatic imine (C=N–C) groups is 1. The Hall–Kier alpha value is -1.94. The normalized spacial score (nSPS) is 19.2. The number of fused-ring (bicyclic) bond motifs is 1. The van der Waals surface area contributed by atoms with E-state index in [0.717, 1.165) is 24.6 Å². The minimum Gasteiger partial charge on any atom is -0.496 e. The Balaban J connectivity index is 1.59. The Morgan fingerprint density at radius 2 is 2.08 bits per heavy atom. The first-order chi connectivity index (χ1) is 12.8. The predicted octanol–water partition coefficient (Wildman–Crippen LogP) is 4.91. The Kier molecular flexibility index (Phi) is 5.21. The van der Waals surface area contributed by atoms with Gasteiger partial charge in [0.1, 0.15) is 11.6 Å². The van der Waals surface area contributed by atoms with Crippen molar-refractivity contribution in [2.24, 2.45) is 4.99 Å². The van der Waals surface area contributed by atoms with Crippen LogP contribution in [0.25, 0.3) is 0 Å². The van der Waals surface area contributed by atoms with Crippen LogP contribution in [0.15, 0.2) is 52.4 Å². The van der Waals surface area contributed by atoms with Gasteiger partial charge in [-0.3, -0.25) is 4.99 Å². The van der Waals surface area contributed by atoms with Crippen molar-refractivity contribution in [2.75, 3.05) is 20.2 Å². The molecule has 1 unspecified atom stereocenters. The lowest BCUT2D eigenvalue weighted by Gasteiger charge is -2.42. The highest BCUT2D eigenvalue weighted by Crippen LogP contribution is 2.34. The van der Waals surface area contributed by atoms with Crippen molar-refractivity contribution in [3.63, 3.8) is 0 Å². The zero-order valence-electron chi connectivity index (χ0n) is 15.6. The average molecular weight is 367 g/mol. The van der Waals surface area contributed by atoms with E-state index in [1.807, 2.05) is 11.8 Å². The van der Waals surface area contributed by atoms with Crippen LogP contribution in [-0.4, -0.2) is 37.0 Å². The third-order valence-electron chi connectivity index (χ3n) is 5.32. The molecule has 0 aliphatic carbocycles. The molecule has 2 aromatic rings. The summed E-state index contributed by atoms with van der Waals surface area (Å²) in [5.74, 6) is 3.08. The zero-order chi connectivity index (χ0) is 17.9. The van der Waals surface area contributed by atoms with E-state index in [9.17, 15) is 0 Å². The van der Waals surface area contributed by atoms with Crippen LogP contribution in [0, 0.1) is 6.92 Å². The number of aryl methyl sites for hydroxylation is 1. The van der Waals surface area contributed by atoms with Gasteiger partial charge in [0.2, 0.25) is 0 Å². The van der Waals surface area contributed by atoms with Gasteiger partial charge >= 0.3 is 0 Å². The quantitative estimate of drug-likeness (QED) is 0.703. The van der Waals surface area contributed by atoms with Gasteiger partial charge in [-0.1, -0.05) is 35.9 Å². The molecule has 2 aliphatic rings. The number of amidine groups is 1. The molecule has 0 aromatic heterocycles. The molecule has 1 fully saturated rings. The van der Waals surface area contributed by atoms with Gasteiger partial charge in [0.15, 0.2) is 0 Å². The van der Waals surface area contributed by atoms with Crippen molar-refractivity contribution in [2.45, 2.75) is 42.9 Å². The molecule has 1 saturated heterocycles. The molecule has 1 atom stereocenters. The maximum absolute atomic E-state index is 5.55. The molecule has 0 spiro atoms. The molecule has 2 aromatic carbocycles. The van der Waals surface area contributed by atoms with Crippen molar-refractivity contribution < 1.29 is 4.74 Å². The molecule has 3 nitrogen and oxygen atoms in total. The van der Waals surface area contributed by atoms with Crippen LogP contribution in [0.3, 0.4) is 0 Å². The van der Waals surface area contributed by atoms with Crippen LogP contribution in [-0.2, 0) is 5.75 Å². The van der Waals surface area contributed by atoms with E-state index in [1.165, 1.54) is 46.7 Å². The second kappa shape index (κ2) is 7.75. The molecule has 0 bridgehead atoms. The lowest BCUT2D eigenvalue weighted by atomic mass is 9.97. The summed E-state index contributed by atoms with van der Waals surface area (Å²) in [6, 6.07) is 15.8. The minimum atomic E-state index is 0.700. The van der Waals surface area contributed by atoms with Gasteiger partial charge in [-0.05, 0) is 38.3 Å². The first-order valence-electron chi connectivity index (χ1n) is 9.43. The van der Waals surface area contributed by atoms with Crippen molar-refractivity contribution in [1.82, 2.24) is 4.90 Å². The molecule has 2 aliphatic heterocycles. The summed E-state index contributed by atoms with van der Waals surface area (Å²) in [5.41, 5.74) is 3.80. The van der Waals surface area contributed by atoms with Gasteiger partial charge in [-0.15, -0.1) is 11.8 Å². The number of hydrogen-bond donors (Lipinski definition) is 0. The third kappa shape index (κ3) is 3.48. The predicted molar refractivity (Wildman–Crippen MR) is 109 cm³/mol. The second-order valence-electron chi connectivity index (χ2n) is 7.08. The standard InChI is InChI=1S/C22H26N2OS/c1-16-9-10-20(25-2)17(14-16)15-26-21-8-4-3-7-19(21)22-23-12-5-6-18-11-13-24(18)22/h3-4,7-10,14,18H,5-6,11-13,15H2,1-2H3. The van der Waals surface area contributed by atoms with E-state index in [2.05, 4.69) is 54.3 Å². The van der Waals surface area contributed by atoms with Crippen LogP contribution < -0.4 is 4.74 Å². The lowest BCUT2D eigenvalue weighted by molar-refractivity contribution is 0.178. The number of rotatable bonds is 5. The van der Waals surface area contributed by atoms with Crippen molar-refractivity contribution in [3.8, 4) is 5.75 Å². The molecule has 0 N–H and O–H groups in total. The fourth-order valence-corrected chi connectivity index (χ4v) is 4.84. The Morgan fingerprint density at radius 1 is 1.19 bits per heavy atom. The summed E-state index contributed by atoms with van der Waals surface area (Å²) in [5, 5.41) is 0. The van der Waals surface area contributed by atoms with Crippen LogP contribution in [0.2, 0.25) is 0 Å². The highest BCUT2D eigenvalue weighted by atomic mass is 32.2. The van der Waals surface area contributed by atoms with Crippen LogP contribution in [0.1, 0.15) is 36.0 Å². The molecule has 136 valence electrons. The molecular weight excluding hydrogens is 340 g/mol. The Morgan fingerprint density at radius 3 is 2.88 bits per heavy atom. The van der Waals surface area contributed by atoms with Gasteiger partial charge in [-0.2, -0.15) is 0 Å². The van der Waals surface area contributed by atoms with E-state index >= 15 is 0 Å². The van der Waals surface area contributed by atoms with Gasteiger partial charge in [-0.25, -0.2) is 0 Å². The average Bonchev–Trinajstić information content (AvgIpc) is 2.78. The van der Waals surface area contributed by atoms with Gasteiger partial charge in [0, 0.05) is 40.9 Å². The van der Waals surface area contributed by atoms with Gasteiger partial charge in [0.05, 0.1) is 7.11 Å². The van der Waals surface area contributed by atoms with Crippen LogP contribution in [0.4, 0.5) is 0 Å². The summed E-state index contributed by atoms with van der Waals surface area (Å²) in [4.78, 5) is 8.77. The maximum atomic E-state index is 5.55. The molecule has 4 rings (SSSR count). The summed E-state index contributed by atoms with van der Waals surface area (Å²) in [6.45, 7) is 4.23. The van der Waals surface area contributed by atoms with E-state index < -0.39 is 0 Å². The van der Waals surface area contributed by atoms with Crippen molar-refractivity contribution >= 4 is 17.6 Å². The zero-order valence-corrected chi connectivity index (χ0v) is 16.4. The number of benzene rings is 2. The Labute approximate surface area is 160 Å². The number of ether oxygens (including phenoxy) is 1. The molecule has 0 saturated carbocycles. The molecular formula is C22H26N2OS. The fourth-order valence-electron chi connectivity index (χ4n) is 3.82. The van der Waals surface area contributed by atoms with Gasteiger partial charge in [0.25, 0.3) is 0 Å². The summed E-state index contributed by atoms with van der Waals surface area (Å²) in [7, 11) is 1.75. The largest absolute Gasteiger partial charge is 0.496 e. The molecule has 4 heteroatoms. The van der Waals surface area contributed by atoms with E-state index in [4.69, 9.17) is 9.73 Å². The number of thioether (sulfide) groups is 1. The first-order valence-corrected chi connectivity index (χ1v) is 10.4. The van der Waals surface area contributed by atoms with Gasteiger partial charge < -0.3 is 9.64 Å². The van der Waals surface area contributed by atoms with Crippen LogP contribution in [0.5, 0.6) is 5.75 Å². The van der Waals surface area contributed by atoms with Crippen LogP contribution >= 0.6 is 11.8 Å². The third-order valence-corrected chi connectivity index (χ3v) is 6.44. The van der Waals surface area contributed by atoms with Crippen molar-refractivity contribution in [1.29, 1.82) is 0 Å². The topological polar surface area (TPSA) is 24.8 Å². The lowest BCUT2D eigenvalue weighted by Crippen LogP contribution is -2.50. The van der Waals surface area contributed by atoms with E-state index in [-0.39, 0.29) is 0 Å². The van der Waals surface area contributed by atoms with E-state index in [0.29, 0.717) is 6.04 Å². The SMILES string of the molecule is COc1ccc(C)cc1CSc1ccccc1C1=NCCCC2CCN12. The molecule has 26 heavy (non-hydrogen) atoms. The molecule has 0 amide bonds. The van der Waals surface area contributed by atoms with Crippen molar-refractivity contribution in [3.05, 3.63) is 59.2 Å². The monoisotopic (exact) mass is 366 g/mol. The maximum Gasteiger partial charge on any atom is 0.132 e. The second-order valence-corrected chi connectivity index (χ2v) is 8.10. The number of hydrogen-bond acceptors (Lipinski definition) is 4. The number of nitrogens with zero attached hydrogens (tertiary/aromatic N) is 2. The first kappa shape index (κ1) is 17.5. The summed E-state index contributed by atoms with van der Waals surface area (Å²) >= 11 is 1.88. The molecule has 2 heterocycles. The summed E-state index contributed by atoms with van der Waals surface area (Å²) in [6.07, 6.45) is 3.80. The molecule has 0 radical (unpaired) electrons.